The lowest BCUT2D eigenvalue weighted by molar-refractivity contribution is -0.115. The van der Waals surface area contributed by atoms with Crippen LogP contribution in [0.15, 0.2) is 54.6 Å². The van der Waals surface area contributed by atoms with Crippen LogP contribution in [0.4, 0.5) is 0 Å². The molecule has 0 aliphatic heterocycles. The molecular weight excluding hydrogens is 292 g/mol. The van der Waals surface area contributed by atoms with Gasteiger partial charge in [0, 0.05) is 16.9 Å². The van der Waals surface area contributed by atoms with E-state index in [1.165, 1.54) is 22.3 Å². The largest absolute Gasteiger partial charge is 0.295 e. The molecule has 0 saturated heterocycles. The topological polar surface area (TPSA) is 17.1 Å². The van der Waals surface area contributed by atoms with Gasteiger partial charge in [-0.05, 0) is 46.9 Å². The highest BCUT2D eigenvalue weighted by molar-refractivity contribution is 6.30. The Hall–Kier alpha value is -2.12. The number of benzene rings is 2. The molecule has 0 aromatic heterocycles. The molecule has 2 aromatic carbocycles. The van der Waals surface area contributed by atoms with Gasteiger partial charge in [0.05, 0.1) is 0 Å². The lowest BCUT2D eigenvalue weighted by Crippen LogP contribution is -2.30. The minimum absolute atomic E-state index is 0.198. The Morgan fingerprint density at radius 1 is 0.909 bits per heavy atom. The van der Waals surface area contributed by atoms with E-state index < -0.39 is 0 Å². The highest BCUT2D eigenvalue weighted by Crippen LogP contribution is 2.46. The fourth-order valence-electron chi connectivity index (χ4n) is 3.60. The third-order valence-electron chi connectivity index (χ3n) is 4.70. The smallest absolute Gasteiger partial charge is 0.155 e. The van der Waals surface area contributed by atoms with Crippen LogP contribution in [-0.2, 0) is 10.2 Å². The Labute approximate surface area is 134 Å². The van der Waals surface area contributed by atoms with Crippen molar-refractivity contribution in [2.75, 3.05) is 0 Å². The van der Waals surface area contributed by atoms with E-state index in [1.54, 1.807) is 6.08 Å². The number of carbonyl (C=O) groups excluding carboxylic acids is 1. The van der Waals surface area contributed by atoms with E-state index in [0.717, 1.165) is 11.4 Å². The second-order valence-electron chi connectivity index (χ2n) is 5.92. The zero-order chi connectivity index (χ0) is 15.2. The van der Waals surface area contributed by atoms with Crippen LogP contribution in [0, 0.1) is 0 Å². The average molecular weight is 307 g/mol. The SMILES string of the molecule is O=C1C=C[C@]2(CC1)c1ccccc1C=Cc1ccc(Cl)cc12. The highest BCUT2D eigenvalue weighted by atomic mass is 35.5. The molecule has 1 nitrogen and oxygen atoms in total. The Bertz CT molecular complexity index is 831. The zero-order valence-electron chi connectivity index (χ0n) is 12.1. The number of hydrogen-bond acceptors (Lipinski definition) is 1. The lowest BCUT2D eigenvalue weighted by Gasteiger charge is -2.35. The van der Waals surface area contributed by atoms with Gasteiger partial charge in [-0.2, -0.15) is 0 Å². The summed E-state index contributed by atoms with van der Waals surface area (Å²) >= 11 is 6.27. The number of carbonyl (C=O) groups is 1. The van der Waals surface area contributed by atoms with Crippen molar-refractivity contribution in [2.45, 2.75) is 18.3 Å². The van der Waals surface area contributed by atoms with E-state index in [2.05, 4.69) is 48.6 Å². The van der Waals surface area contributed by atoms with E-state index in [-0.39, 0.29) is 11.2 Å². The second kappa shape index (κ2) is 4.96. The normalized spacial score (nSPS) is 22.3. The van der Waals surface area contributed by atoms with Crippen LogP contribution >= 0.6 is 11.6 Å². The quantitative estimate of drug-likeness (QED) is 0.667. The molecule has 1 atom stereocenters. The predicted octanol–water partition coefficient (Wildman–Crippen LogP) is 5.03. The average Bonchev–Trinajstić information content (AvgIpc) is 2.67. The third-order valence-corrected chi connectivity index (χ3v) is 4.93. The van der Waals surface area contributed by atoms with Gasteiger partial charge in [-0.15, -0.1) is 0 Å². The Morgan fingerprint density at radius 2 is 1.68 bits per heavy atom. The summed E-state index contributed by atoms with van der Waals surface area (Å²) in [7, 11) is 0. The van der Waals surface area contributed by atoms with Crippen LogP contribution in [0.1, 0.15) is 35.1 Å². The summed E-state index contributed by atoms with van der Waals surface area (Å²) in [6.07, 6.45) is 9.45. The molecule has 108 valence electrons. The summed E-state index contributed by atoms with van der Waals surface area (Å²) in [5.41, 5.74) is 4.53. The summed E-state index contributed by atoms with van der Waals surface area (Å²) in [5, 5.41) is 0.733. The van der Waals surface area contributed by atoms with Gasteiger partial charge in [-0.25, -0.2) is 0 Å². The second-order valence-corrected chi connectivity index (χ2v) is 6.36. The van der Waals surface area contributed by atoms with Gasteiger partial charge in [0.2, 0.25) is 0 Å². The molecule has 0 amide bonds. The van der Waals surface area contributed by atoms with Crippen LogP contribution in [0.2, 0.25) is 5.02 Å². The maximum atomic E-state index is 11.7. The first-order valence-corrected chi connectivity index (χ1v) is 7.86. The molecule has 0 N–H and O–H groups in total. The number of hydrogen-bond donors (Lipinski definition) is 0. The summed E-state index contributed by atoms with van der Waals surface area (Å²) in [4.78, 5) is 11.7. The van der Waals surface area contributed by atoms with Crippen molar-refractivity contribution < 1.29 is 4.79 Å². The van der Waals surface area contributed by atoms with Crippen molar-refractivity contribution >= 4 is 29.5 Å². The van der Waals surface area contributed by atoms with Crippen molar-refractivity contribution in [1.29, 1.82) is 0 Å². The molecule has 2 aliphatic carbocycles. The van der Waals surface area contributed by atoms with Crippen molar-refractivity contribution in [2.24, 2.45) is 0 Å². The summed E-state index contributed by atoms with van der Waals surface area (Å²) in [6, 6.07) is 14.4. The van der Waals surface area contributed by atoms with E-state index in [0.29, 0.717) is 6.42 Å². The predicted molar refractivity (Wildman–Crippen MR) is 91.0 cm³/mol. The molecule has 0 radical (unpaired) electrons. The Balaban J connectivity index is 2.08. The molecule has 0 bridgehead atoms. The molecule has 22 heavy (non-hydrogen) atoms. The first kappa shape index (κ1) is 13.5. The van der Waals surface area contributed by atoms with Crippen LogP contribution in [-0.4, -0.2) is 5.78 Å². The van der Waals surface area contributed by atoms with Gasteiger partial charge in [-0.3, -0.25) is 4.79 Å². The number of fused-ring (bicyclic) bond motifs is 4. The molecule has 0 unspecified atom stereocenters. The van der Waals surface area contributed by atoms with Gasteiger partial charge in [0.25, 0.3) is 0 Å². The van der Waals surface area contributed by atoms with E-state index >= 15 is 0 Å². The molecule has 2 aliphatic rings. The van der Waals surface area contributed by atoms with E-state index in [9.17, 15) is 4.79 Å². The van der Waals surface area contributed by atoms with Gasteiger partial charge in [0.1, 0.15) is 0 Å². The maximum Gasteiger partial charge on any atom is 0.155 e. The minimum atomic E-state index is -0.270. The number of allylic oxidation sites excluding steroid dienone is 2. The first-order chi connectivity index (χ1) is 10.7. The van der Waals surface area contributed by atoms with Gasteiger partial charge in [-0.1, -0.05) is 60.2 Å². The lowest BCUT2D eigenvalue weighted by atomic mass is 9.67. The van der Waals surface area contributed by atoms with Crippen molar-refractivity contribution in [3.05, 3.63) is 81.9 Å². The summed E-state index contributed by atoms with van der Waals surface area (Å²) in [5.74, 6) is 0.198. The number of ketones is 1. The highest BCUT2D eigenvalue weighted by Gasteiger charge is 2.38. The molecular formula is C20H15ClO. The molecule has 0 heterocycles. The fourth-order valence-corrected chi connectivity index (χ4v) is 3.78. The first-order valence-electron chi connectivity index (χ1n) is 7.49. The molecule has 0 fully saturated rings. The monoisotopic (exact) mass is 306 g/mol. The van der Waals surface area contributed by atoms with Gasteiger partial charge in [0.15, 0.2) is 5.78 Å². The van der Waals surface area contributed by atoms with E-state index in [1.807, 2.05) is 12.1 Å². The van der Waals surface area contributed by atoms with Crippen LogP contribution < -0.4 is 0 Å². The summed E-state index contributed by atoms with van der Waals surface area (Å²) in [6.45, 7) is 0. The van der Waals surface area contributed by atoms with Gasteiger partial charge >= 0.3 is 0 Å². The molecule has 2 heteroatoms. The fraction of sp³-hybridized carbons (Fsp3) is 0.150. The van der Waals surface area contributed by atoms with Crippen molar-refractivity contribution in [1.82, 2.24) is 0 Å². The number of halogens is 1. The molecule has 0 saturated carbocycles. The van der Waals surface area contributed by atoms with Crippen molar-refractivity contribution in [3.8, 4) is 0 Å². The maximum absolute atomic E-state index is 11.7. The molecule has 4 rings (SSSR count). The third kappa shape index (κ3) is 1.97. The van der Waals surface area contributed by atoms with Crippen LogP contribution in [0.5, 0.6) is 0 Å². The van der Waals surface area contributed by atoms with E-state index in [4.69, 9.17) is 11.6 Å². The van der Waals surface area contributed by atoms with Crippen LogP contribution in [0.25, 0.3) is 12.2 Å². The van der Waals surface area contributed by atoms with Crippen molar-refractivity contribution in [3.63, 3.8) is 0 Å². The van der Waals surface area contributed by atoms with Gasteiger partial charge < -0.3 is 0 Å². The molecule has 2 aromatic rings. The zero-order valence-corrected chi connectivity index (χ0v) is 12.8. The number of rotatable bonds is 0. The Morgan fingerprint density at radius 3 is 2.45 bits per heavy atom. The minimum Gasteiger partial charge on any atom is -0.295 e. The van der Waals surface area contributed by atoms with Crippen LogP contribution in [0.3, 0.4) is 0 Å². The molecule has 1 spiro atoms. The standard InChI is InChI=1S/C20H15ClO/c21-16-8-7-15-6-5-14-3-1-2-4-18(14)20(19(15)13-16)11-9-17(22)10-12-20/h1-9,11,13H,10,12H2/t20-/m0/s1. The summed E-state index contributed by atoms with van der Waals surface area (Å²) < 4.78 is 0. The Kier molecular flexibility index (Phi) is 3.05.